The molecular formula is C7H10N2O. The fourth-order valence-electron chi connectivity index (χ4n) is 0.766. The third kappa shape index (κ3) is 1.18. The van der Waals surface area contributed by atoms with Gasteiger partial charge in [-0.1, -0.05) is 6.07 Å². The molecule has 3 nitrogen and oxygen atoms in total. The van der Waals surface area contributed by atoms with Crippen LogP contribution in [0.1, 0.15) is 0 Å². The molecule has 0 bridgehead atoms. The van der Waals surface area contributed by atoms with Gasteiger partial charge in [-0.15, -0.1) is 0 Å². The molecule has 0 aliphatic carbocycles. The Labute approximate surface area is 60.1 Å². The maximum Gasteiger partial charge on any atom is 0.279 e. The van der Waals surface area contributed by atoms with Crippen molar-refractivity contribution >= 4 is 5.82 Å². The first-order valence-electron chi connectivity index (χ1n) is 3.07. The first-order valence-corrected chi connectivity index (χ1v) is 3.07. The smallest absolute Gasteiger partial charge is 0.279 e. The Morgan fingerprint density at radius 1 is 1.40 bits per heavy atom. The fraction of sp³-hybridized carbons (Fsp3) is 0.286. The van der Waals surface area contributed by atoms with Gasteiger partial charge in [0.25, 0.3) is 5.82 Å². The Hall–Kier alpha value is -1.25. The number of anilines is 1. The van der Waals surface area contributed by atoms with E-state index >= 15 is 0 Å². The van der Waals surface area contributed by atoms with Gasteiger partial charge in [0.15, 0.2) is 0 Å². The monoisotopic (exact) mass is 138 g/mol. The standard InChI is InChI=1S/C7H10N2O/c1-8(2)7-5-3-4-6-9(7)10/h3-6H,1-2H3. The molecule has 0 aromatic carbocycles. The second-order valence-electron chi connectivity index (χ2n) is 2.28. The van der Waals surface area contributed by atoms with Gasteiger partial charge in [-0.05, 0) is 6.07 Å². The Morgan fingerprint density at radius 3 is 2.50 bits per heavy atom. The first-order chi connectivity index (χ1) is 4.72. The Bertz CT molecular complexity index is 223. The number of hydrogen-bond acceptors (Lipinski definition) is 2. The molecule has 1 heterocycles. The van der Waals surface area contributed by atoms with E-state index in [1.165, 1.54) is 6.20 Å². The molecule has 0 aliphatic heterocycles. The van der Waals surface area contributed by atoms with Gasteiger partial charge in [-0.3, -0.25) is 4.90 Å². The summed E-state index contributed by atoms with van der Waals surface area (Å²) in [6.07, 6.45) is 1.48. The van der Waals surface area contributed by atoms with E-state index < -0.39 is 0 Å². The molecule has 10 heavy (non-hydrogen) atoms. The Balaban J connectivity index is 3.03. The van der Waals surface area contributed by atoms with Crippen LogP contribution in [0.3, 0.4) is 0 Å². The lowest BCUT2D eigenvalue weighted by atomic mass is 10.4. The predicted octanol–water partition coefficient (Wildman–Crippen LogP) is 0.386. The molecule has 0 fully saturated rings. The van der Waals surface area contributed by atoms with E-state index in [4.69, 9.17) is 0 Å². The van der Waals surface area contributed by atoms with Crippen LogP contribution in [0.2, 0.25) is 0 Å². The molecule has 54 valence electrons. The van der Waals surface area contributed by atoms with E-state index in [9.17, 15) is 5.21 Å². The minimum absolute atomic E-state index is 0.655. The zero-order valence-corrected chi connectivity index (χ0v) is 6.11. The zero-order chi connectivity index (χ0) is 7.56. The van der Waals surface area contributed by atoms with Crippen molar-refractivity contribution in [2.45, 2.75) is 0 Å². The molecule has 0 saturated heterocycles. The summed E-state index contributed by atoms with van der Waals surface area (Å²) in [6, 6.07) is 5.32. The molecule has 0 unspecified atom stereocenters. The van der Waals surface area contributed by atoms with E-state index in [1.807, 2.05) is 20.2 Å². The molecular weight excluding hydrogens is 128 g/mol. The summed E-state index contributed by atoms with van der Waals surface area (Å²) in [7, 11) is 3.67. The van der Waals surface area contributed by atoms with E-state index in [2.05, 4.69) is 0 Å². The largest absolute Gasteiger partial charge is 0.711 e. The van der Waals surface area contributed by atoms with E-state index in [0.29, 0.717) is 5.82 Å². The lowest BCUT2D eigenvalue weighted by molar-refractivity contribution is -0.592. The minimum atomic E-state index is 0.655. The number of aromatic nitrogens is 1. The molecule has 0 amide bonds. The number of pyridine rings is 1. The molecule has 3 heteroatoms. The van der Waals surface area contributed by atoms with Crippen LogP contribution in [0.15, 0.2) is 24.4 Å². The third-order valence-electron chi connectivity index (χ3n) is 1.26. The second kappa shape index (κ2) is 2.56. The van der Waals surface area contributed by atoms with Gasteiger partial charge in [0.2, 0.25) is 0 Å². The van der Waals surface area contributed by atoms with Gasteiger partial charge in [-0.25, -0.2) is 4.73 Å². The molecule has 0 radical (unpaired) electrons. The van der Waals surface area contributed by atoms with Crippen LogP contribution in [0.25, 0.3) is 0 Å². The highest BCUT2D eigenvalue weighted by atomic mass is 16.5. The second-order valence-corrected chi connectivity index (χ2v) is 2.28. The van der Waals surface area contributed by atoms with Crippen molar-refractivity contribution in [3.63, 3.8) is 0 Å². The van der Waals surface area contributed by atoms with Crippen molar-refractivity contribution in [1.29, 1.82) is 0 Å². The Kier molecular flexibility index (Phi) is 1.76. The van der Waals surface area contributed by atoms with Crippen LogP contribution in [-0.4, -0.2) is 14.1 Å². The van der Waals surface area contributed by atoms with Crippen molar-refractivity contribution in [3.05, 3.63) is 29.6 Å². The van der Waals surface area contributed by atoms with Gasteiger partial charge in [-0.2, -0.15) is 0 Å². The molecule has 1 aromatic rings. The highest BCUT2D eigenvalue weighted by Gasteiger charge is 2.02. The van der Waals surface area contributed by atoms with E-state index in [-0.39, 0.29) is 0 Å². The summed E-state index contributed by atoms with van der Waals surface area (Å²) in [4.78, 5) is 1.77. The summed E-state index contributed by atoms with van der Waals surface area (Å²) in [5.74, 6) is 0.655. The molecule has 0 spiro atoms. The van der Waals surface area contributed by atoms with Crippen LogP contribution in [-0.2, 0) is 0 Å². The van der Waals surface area contributed by atoms with Crippen molar-refractivity contribution in [2.75, 3.05) is 19.0 Å². The minimum Gasteiger partial charge on any atom is -0.711 e. The number of hydrogen-bond donors (Lipinski definition) is 0. The van der Waals surface area contributed by atoms with Crippen molar-refractivity contribution in [3.8, 4) is 0 Å². The SMILES string of the molecule is CN(C)c1cccc[n+]1[O-]. The van der Waals surface area contributed by atoms with E-state index in [1.54, 1.807) is 17.0 Å². The molecule has 1 rings (SSSR count). The van der Waals surface area contributed by atoms with Crippen molar-refractivity contribution in [2.24, 2.45) is 0 Å². The lowest BCUT2D eigenvalue weighted by Gasteiger charge is -2.11. The van der Waals surface area contributed by atoms with Gasteiger partial charge in [0.05, 0.1) is 20.3 Å². The number of rotatable bonds is 1. The van der Waals surface area contributed by atoms with Crippen LogP contribution in [0, 0.1) is 5.21 Å². The summed E-state index contributed by atoms with van der Waals surface area (Å²) in [5, 5.41) is 10.9. The maximum atomic E-state index is 10.9. The predicted molar refractivity (Wildman–Crippen MR) is 39.7 cm³/mol. The van der Waals surface area contributed by atoms with Crippen molar-refractivity contribution in [1.82, 2.24) is 0 Å². The van der Waals surface area contributed by atoms with Gasteiger partial charge < -0.3 is 5.21 Å². The summed E-state index contributed by atoms with van der Waals surface area (Å²) >= 11 is 0. The van der Waals surface area contributed by atoms with Crippen LogP contribution in [0.5, 0.6) is 0 Å². The summed E-state index contributed by atoms with van der Waals surface area (Å²) in [6.45, 7) is 0. The van der Waals surface area contributed by atoms with Crippen molar-refractivity contribution < 1.29 is 4.73 Å². The molecule has 0 N–H and O–H groups in total. The Morgan fingerprint density at radius 2 is 2.10 bits per heavy atom. The average Bonchev–Trinajstić information content (AvgIpc) is 1.88. The molecule has 0 aliphatic rings. The van der Waals surface area contributed by atoms with Gasteiger partial charge >= 0.3 is 0 Å². The number of nitrogens with zero attached hydrogens (tertiary/aromatic N) is 2. The normalized spacial score (nSPS) is 9.40. The summed E-state index contributed by atoms with van der Waals surface area (Å²) < 4.78 is 0.833. The average molecular weight is 138 g/mol. The molecule has 0 atom stereocenters. The molecule has 1 aromatic heterocycles. The lowest BCUT2D eigenvalue weighted by Crippen LogP contribution is -2.33. The van der Waals surface area contributed by atoms with Crippen LogP contribution in [0.4, 0.5) is 5.82 Å². The quantitative estimate of drug-likeness (QED) is 0.415. The van der Waals surface area contributed by atoms with Gasteiger partial charge in [0, 0.05) is 6.07 Å². The highest BCUT2D eigenvalue weighted by molar-refractivity contribution is 5.29. The van der Waals surface area contributed by atoms with Crippen LogP contribution >= 0.6 is 0 Å². The third-order valence-corrected chi connectivity index (χ3v) is 1.26. The van der Waals surface area contributed by atoms with Crippen LogP contribution < -0.4 is 9.63 Å². The van der Waals surface area contributed by atoms with Gasteiger partial charge in [0.1, 0.15) is 0 Å². The fourth-order valence-corrected chi connectivity index (χ4v) is 0.766. The summed E-state index contributed by atoms with van der Waals surface area (Å²) in [5.41, 5.74) is 0. The topological polar surface area (TPSA) is 30.2 Å². The highest BCUT2D eigenvalue weighted by Crippen LogP contribution is 1.99. The zero-order valence-electron chi connectivity index (χ0n) is 6.11. The maximum absolute atomic E-state index is 10.9. The first kappa shape index (κ1) is 6.86. The van der Waals surface area contributed by atoms with E-state index in [0.717, 1.165) is 4.73 Å². The molecule has 0 saturated carbocycles.